The molecule has 1 N–H and O–H groups in total. The van der Waals surface area contributed by atoms with Crippen LogP contribution in [0.15, 0.2) is 30.3 Å². The molecule has 1 amide bonds. The van der Waals surface area contributed by atoms with Gasteiger partial charge in [-0.25, -0.2) is 0 Å². The number of carbonyl (C=O) groups is 1. The summed E-state index contributed by atoms with van der Waals surface area (Å²) >= 11 is 6.19. The van der Waals surface area contributed by atoms with Gasteiger partial charge in [-0.2, -0.15) is 0 Å². The van der Waals surface area contributed by atoms with Gasteiger partial charge in [0, 0.05) is 11.3 Å². The Labute approximate surface area is 141 Å². The minimum Gasteiger partial charge on any atom is -0.491 e. The largest absolute Gasteiger partial charge is 0.491 e. The van der Waals surface area contributed by atoms with Crippen molar-refractivity contribution in [2.24, 2.45) is 0 Å². The van der Waals surface area contributed by atoms with E-state index in [1.807, 2.05) is 39.0 Å². The molecular formula is C18H20ClNO3. The molecule has 2 aromatic rings. The van der Waals surface area contributed by atoms with Crippen LogP contribution in [0.3, 0.4) is 0 Å². The van der Waals surface area contributed by atoms with E-state index < -0.39 is 0 Å². The molecule has 0 spiro atoms. The maximum absolute atomic E-state index is 12.5. The van der Waals surface area contributed by atoms with Crippen LogP contribution in [-0.2, 0) is 0 Å². The van der Waals surface area contributed by atoms with Gasteiger partial charge in [-0.15, -0.1) is 0 Å². The molecule has 0 heterocycles. The second-order valence-corrected chi connectivity index (χ2v) is 5.53. The summed E-state index contributed by atoms with van der Waals surface area (Å²) in [6.45, 7) is 6.28. The Balaban J connectivity index is 2.34. The van der Waals surface area contributed by atoms with E-state index in [9.17, 15) is 4.79 Å². The molecule has 0 saturated carbocycles. The number of aryl methyl sites for hydroxylation is 1. The van der Waals surface area contributed by atoms with E-state index >= 15 is 0 Å². The lowest BCUT2D eigenvalue weighted by molar-refractivity contribution is 0.102. The van der Waals surface area contributed by atoms with Crippen molar-refractivity contribution < 1.29 is 14.3 Å². The average molecular weight is 334 g/mol. The molecule has 0 unspecified atom stereocenters. The summed E-state index contributed by atoms with van der Waals surface area (Å²) in [7, 11) is 1.51. The molecule has 122 valence electrons. The van der Waals surface area contributed by atoms with E-state index in [2.05, 4.69) is 5.32 Å². The van der Waals surface area contributed by atoms with Gasteiger partial charge in [0.2, 0.25) is 0 Å². The van der Waals surface area contributed by atoms with E-state index in [0.717, 1.165) is 16.8 Å². The number of hydrogen-bond acceptors (Lipinski definition) is 3. The van der Waals surface area contributed by atoms with Crippen molar-refractivity contribution >= 4 is 23.2 Å². The summed E-state index contributed by atoms with van der Waals surface area (Å²) in [5, 5.41) is 3.24. The first-order valence-electron chi connectivity index (χ1n) is 7.35. The number of nitrogens with one attached hydrogen (secondary N) is 1. The highest BCUT2D eigenvalue weighted by atomic mass is 35.5. The van der Waals surface area contributed by atoms with Gasteiger partial charge in [-0.05, 0) is 50.1 Å². The molecule has 0 aliphatic heterocycles. The zero-order valence-electron chi connectivity index (χ0n) is 13.7. The van der Waals surface area contributed by atoms with Crippen LogP contribution >= 0.6 is 11.6 Å². The molecule has 0 fully saturated rings. The van der Waals surface area contributed by atoms with E-state index in [4.69, 9.17) is 21.1 Å². The zero-order valence-corrected chi connectivity index (χ0v) is 14.5. The number of anilines is 1. The van der Waals surface area contributed by atoms with Crippen molar-refractivity contribution in [3.63, 3.8) is 0 Å². The predicted octanol–water partition coefficient (Wildman–Crippen LogP) is 4.62. The fraction of sp³-hybridized carbons (Fsp3) is 0.278. The van der Waals surface area contributed by atoms with Crippen molar-refractivity contribution in [1.29, 1.82) is 0 Å². The standard InChI is InChI=1S/C18H20ClNO3/c1-5-23-16-10-13(9-14(19)17(16)22-4)18(21)20-15-8-6-7-11(2)12(15)3/h6-10H,5H2,1-4H3,(H,20,21). The Kier molecular flexibility index (Phi) is 5.50. The zero-order chi connectivity index (χ0) is 17.0. The van der Waals surface area contributed by atoms with Crippen LogP contribution in [-0.4, -0.2) is 19.6 Å². The first kappa shape index (κ1) is 17.2. The third kappa shape index (κ3) is 3.77. The van der Waals surface area contributed by atoms with E-state index in [1.165, 1.54) is 7.11 Å². The van der Waals surface area contributed by atoms with Gasteiger partial charge in [0.05, 0.1) is 18.7 Å². The van der Waals surface area contributed by atoms with Gasteiger partial charge < -0.3 is 14.8 Å². The van der Waals surface area contributed by atoms with E-state index in [1.54, 1.807) is 12.1 Å². The second kappa shape index (κ2) is 7.38. The monoisotopic (exact) mass is 333 g/mol. The second-order valence-electron chi connectivity index (χ2n) is 5.12. The number of hydrogen-bond donors (Lipinski definition) is 1. The lowest BCUT2D eigenvalue weighted by Crippen LogP contribution is -2.13. The lowest BCUT2D eigenvalue weighted by atomic mass is 10.1. The van der Waals surface area contributed by atoms with Crippen molar-refractivity contribution in [1.82, 2.24) is 0 Å². The van der Waals surface area contributed by atoms with Crippen molar-refractivity contribution in [2.75, 3.05) is 19.0 Å². The normalized spacial score (nSPS) is 10.3. The molecule has 0 radical (unpaired) electrons. The molecule has 0 aliphatic carbocycles. The van der Waals surface area contributed by atoms with Crippen LogP contribution in [0.25, 0.3) is 0 Å². The smallest absolute Gasteiger partial charge is 0.255 e. The Hall–Kier alpha value is -2.20. The third-order valence-electron chi connectivity index (χ3n) is 3.63. The van der Waals surface area contributed by atoms with Crippen molar-refractivity contribution in [3.8, 4) is 11.5 Å². The summed E-state index contributed by atoms with van der Waals surface area (Å²) in [5.41, 5.74) is 3.34. The van der Waals surface area contributed by atoms with Gasteiger partial charge >= 0.3 is 0 Å². The van der Waals surface area contributed by atoms with Crippen LogP contribution in [0.5, 0.6) is 11.5 Å². The fourth-order valence-corrected chi connectivity index (χ4v) is 2.53. The highest BCUT2D eigenvalue weighted by Gasteiger charge is 2.16. The average Bonchev–Trinajstić information content (AvgIpc) is 2.52. The molecule has 23 heavy (non-hydrogen) atoms. The van der Waals surface area contributed by atoms with Gasteiger partial charge in [0.1, 0.15) is 0 Å². The maximum Gasteiger partial charge on any atom is 0.255 e. The van der Waals surface area contributed by atoms with Gasteiger partial charge in [0.25, 0.3) is 5.91 Å². The summed E-state index contributed by atoms with van der Waals surface area (Å²) in [6, 6.07) is 8.99. The summed E-state index contributed by atoms with van der Waals surface area (Å²) in [5.74, 6) is 0.634. The van der Waals surface area contributed by atoms with Crippen LogP contribution in [0.4, 0.5) is 5.69 Å². The van der Waals surface area contributed by atoms with E-state index in [-0.39, 0.29) is 5.91 Å². The minimum atomic E-state index is -0.246. The van der Waals surface area contributed by atoms with Gasteiger partial charge in [-0.1, -0.05) is 23.7 Å². The van der Waals surface area contributed by atoms with Crippen molar-refractivity contribution in [3.05, 3.63) is 52.0 Å². The first-order valence-corrected chi connectivity index (χ1v) is 7.73. The van der Waals surface area contributed by atoms with Crippen molar-refractivity contribution in [2.45, 2.75) is 20.8 Å². The SMILES string of the molecule is CCOc1cc(C(=O)Nc2cccc(C)c2C)cc(Cl)c1OC. The molecular weight excluding hydrogens is 314 g/mol. The predicted molar refractivity (Wildman–Crippen MR) is 93.0 cm³/mol. The number of rotatable bonds is 5. The minimum absolute atomic E-state index is 0.246. The van der Waals surface area contributed by atoms with E-state index in [0.29, 0.717) is 28.7 Å². The molecule has 0 atom stereocenters. The highest BCUT2D eigenvalue weighted by molar-refractivity contribution is 6.32. The third-order valence-corrected chi connectivity index (χ3v) is 3.91. The Morgan fingerprint density at radius 3 is 2.65 bits per heavy atom. The lowest BCUT2D eigenvalue weighted by Gasteiger charge is -2.14. The molecule has 0 saturated heterocycles. The number of carbonyl (C=O) groups excluding carboxylic acids is 1. The van der Waals surface area contributed by atoms with Gasteiger partial charge in [0.15, 0.2) is 11.5 Å². The summed E-state index contributed by atoms with van der Waals surface area (Å²) in [6.07, 6.45) is 0. The summed E-state index contributed by atoms with van der Waals surface area (Å²) in [4.78, 5) is 12.5. The topological polar surface area (TPSA) is 47.6 Å². The fourth-order valence-electron chi connectivity index (χ4n) is 2.24. The molecule has 4 nitrogen and oxygen atoms in total. The first-order chi connectivity index (χ1) is 11.0. The number of amides is 1. The Bertz CT molecular complexity index is 728. The number of ether oxygens (including phenoxy) is 2. The van der Waals surface area contributed by atoms with Crippen LogP contribution in [0.1, 0.15) is 28.4 Å². The Morgan fingerprint density at radius 1 is 1.26 bits per heavy atom. The molecule has 5 heteroatoms. The maximum atomic E-state index is 12.5. The number of benzene rings is 2. The Morgan fingerprint density at radius 2 is 2.00 bits per heavy atom. The molecule has 0 aromatic heterocycles. The van der Waals surface area contributed by atoms with Crippen LogP contribution in [0, 0.1) is 13.8 Å². The van der Waals surface area contributed by atoms with Gasteiger partial charge in [-0.3, -0.25) is 4.79 Å². The number of halogens is 1. The molecule has 0 aliphatic rings. The molecule has 2 aromatic carbocycles. The highest BCUT2D eigenvalue weighted by Crippen LogP contribution is 2.36. The van der Waals surface area contributed by atoms with Crippen LogP contribution in [0.2, 0.25) is 5.02 Å². The number of methoxy groups -OCH3 is 1. The molecule has 2 rings (SSSR count). The molecule has 0 bridgehead atoms. The summed E-state index contributed by atoms with van der Waals surface area (Å²) < 4.78 is 10.7. The van der Waals surface area contributed by atoms with Crippen LogP contribution < -0.4 is 14.8 Å². The quantitative estimate of drug-likeness (QED) is 0.868.